The van der Waals surface area contributed by atoms with Crippen molar-refractivity contribution < 1.29 is 28.4 Å². The zero-order chi connectivity index (χ0) is 34.4. The lowest BCUT2D eigenvalue weighted by atomic mass is 9.84. The van der Waals surface area contributed by atoms with E-state index in [2.05, 4.69) is 62.5 Å². The first kappa shape index (κ1) is 36.4. The molecule has 1 saturated heterocycles. The summed E-state index contributed by atoms with van der Waals surface area (Å²) in [4.78, 5) is 0. The summed E-state index contributed by atoms with van der Waals surface area (Å²) in [5, 5.41) is 0.602. The normalized spacial score (nSPS) is 20.4. The van der Waals surface area contributed by atoms with Crippen LogP contribution in [0.5, 0.6) is 11.5 Å². The van der Waals surface area contributed by atoms with Crippen LogP contribution in [0, 0.1) is 5.92 Å². The summed E-state index contributed by atoms with van der Waals surface area (Å²) < 4.78 is 38.5. The Hall–Kier alpha value is -3.91. The van der Waals surface area contributed by atoms with E-state index in [-0.39, 0.29) is 18.1 Å². The Morgan fingerprint density at radius 2 is 1.39 bits per heavy atom. The molecule has 6 nitrogen and oxygen atoms in total. The molecule has 1 heterocycles. The summed E-state index contributed by atoms with van der Waals surface area (Å²) in [7, 11) is 0. The third-order valence-corrected chi connectivity index (χ3v) is 8.96. The van der Waals surface area contributed by atoms with Gasteiger partial charge in [-0.1, -0.05) is 110 Å². The Bertz CT molecular complexity index is 1590. The molecule has 0 spiro atoms. The summed E-state index contributed by atoms with van der Waals surface area (Å²) >= 11 is 6.95. The van der Waals surface area contributed by atoms with Crippen molar-refractivity contribution in [2.45, 2.75) is 57.9 Å². The number of hydrogen-bond donors (Lipinski definition) is 0. The fraction of sp³-hybridized carbons (Fsp3) is 0.333. The molecule has 7 heteroatoms. The Kier molecular flexibility index (Phi) is 13.9. The Morgan fingerprint density at radius 3 is 2.00 bits per heavy atom. The highest BCUT2D eigenvalue weighted by molar-refractivity contribution is 6.31. The number of benzene rings is 4. The predicted molar refractivity (Wildman–Crippen MR) is 195 cm³/mol. The van der Waals surface area contributed by atoms with Gasteiger partial charge in [0.25, 0.3) is 0 Å². The average Bonchev–Trinajstić information content (AvgIpc) is 3.13. The first-order valence-corrected chi connectivity index (χ1v) is 17.3. The summed E-state index contributed by atoms with van der Waals surface area (Å²) in [6, 6.07) is 32.4. The molecule has 0 aliphatic carbocycles. The van der Waals surface area contributed by atoms with Gasteiger partial charge in [0.15, 0.2) is 0 Å². The maximum Gasteiger partial charge on any atom is 0.127 e. The highest BCUT2D eigenvalue weighted by Crippen LogP contribution is 2.44. The lowest BCUT2D eigenvalue weighted by Crippen LogP contribution is -2.53. The molecule has 0 saturated carbocycles. The van der Waals surface area contributed by atoms with Gasteiger partial charge in [-0.25, -0.2) is 0 Å². The quantitative estimate of drug-likeness (QED) is 0.0770. The molecule has 0 unspecified atom stereocenters. The van der Waals surface area contributed by atoms with E-state index < -0.39 is 12.2 Å². The van der Waals surface area contributed by atoms with E-state index in [9.17, 15) is 0 Å². The van der Waals surface area contributed by atoms with E-state index >= 15 is 0 Å². The van der Waals surface area contributed by atoms with Crippen LogP contribution in [0.15, 0.2) is 122 Å². The minimum absolute atomic E-state index is 0.0567. The van der Waals surface area contributed by atoms with E-state index in [0.29, 0.717) is 56.8 Å². The van der Waals surface area contributed by atoms with Gasteiger partial charge in [-0.3, -0.25) is 0 Å². The minimum atomic E-state index is -0.561. The van der Waals surface area contributed by atoms with Crippen molar-refractivity contribution in [3.05, 3.63) is 155 Å². The van der Waals surface area contributed by atoms with Gasteiger partial charge >= 0.3 is 0 Å². The molecule has 5 atom stereocenters. The van der Waals surface area contributed by atoms with Crippen LogP contribution in [0.3, 0.4) is 0 Å². The van der Waals surface area contributed by atoms with Crippen LogP contribution in [0.1, 0.15) is 47.8 Å². The lowest BCUT2D eigenvalue weighted by Gasteiger charge is -2.46. The summed E-state index contributed by atoms with van der Waals surface area (Å²) in [6.45, 7) is 14.3. The smallest absolute Gasteiger partial charge is 0.127 e. The fourth-order valence-electron chi connectivity index (χ4n) is 6.08. The SMILES string of the molecule is C=CCOC[C@H]1O[C@@H](c2cc(Cc3ccc(OCC)cc3)c(Cl)cc2OCC=C)[C@H](OCc2ccccc2)[C@@H](OCc2ccccc2)[C@@H]1C. The van der Waals surface area contributed by atoms with Gasteiger partial charge in [-0.15, -0.1) is 6.58 Å². The first-order valence-electron chi connectivity index (χ1n) is 16.9. The molecule has 1 fully saturated rings. The topological polar surface area (TPSA) is 55.4 Å². The Morgan fingerprint density at radius 1 is 0.755 bits per heavy atom. The van der Waals surface area contributed by atoms with Crippen LogP contribution in [0.25, 0.3) is 0 Å². The molecule has 49 heavy (non-hydrogen) atoms. The van der Waals surface area contributed by atoms with Gasteiger partial charge in [-0.05, 0) is 59.9 Å². The van der Waals surface area contributed by atoms with Crippen molar-refractivity contribution in [2.24, 2.45) is 5.92 Å². The molecule has 0 amide bonds. The Labute approximate surface area is 296 Å². The second-order valence-corrected chi connectivity index (χ2v) is 12.5. The van der Waals surface area contributed by atoms with E-state index in [0.717, 1.165) is 33.6 Å². The van der Waals surface area contributed by atoms with Crippen LogP contribution >= 0.6 is 11.6 Å². The van der Waals surface area contributed by atoms with Crippen LogP contribution in [0.2, 0.25) is 5.02 Å². The van der Waals surface area contributed by atoms with E-state index in [4.69, 9.17) is 40.0 Å². The molecular weight excluding hydrogens is 636 g/mol. The Balaban J connectivity index is 1.56. The highest BCUT2D eigenvalue weighted by Gasteiger charge is 2.47. The molecule has 0 aromatic heterocycles. The first-order chi connectivity index (χ1) is 24.0. The number of halogens is 1. The van der Waals surface area contributed by atoms with E-state index in [1.807, 2.05) is 61.5 Å². The monoisotopic (exact) mass is 682 g/mol. The minimum Gasteiger partial charge on any atom is -0.494 e. The van der Waals surface area contributed by atoms with Crippen molar-refractivity contribution in [1.82, 2.24) is 0 Å². The van der Waals surface area contributed by atoms with E-state index in [1.54, 1.807) is 12.2 Å². The highest BCUT2D eigenvalue weighted by atomic mass is 35.5. The van der Waals surface area contributed by atoms with E-state index in [1.165, 1.54) is 0 Å². The predicted octanol–water partition coefficient (Wildman–Crippen LogP) is 9.34. The van der Waals surface area contributed by atoms with Gasteiger partial charge < -0.3 is 28.4 Å². The van der Waals surface area contributed by atoms with Gasteiger partial charge in [0, 0.05) is 16.5 Å². The number of rotatable bonds is 18. The summed E-state index contributed by atoms with van der Waals surface area (Å²) in [6.07, 6.45) is 2.40. The zero-order valence-corrected chi connectivity index (χ0v) is 29.2. The largest absolute Gasteiger partial charge is 0.494 e. The second-order valence-electron chi connectivity index (χ2n) is 12.1. The third-order valence-electron chi connectivity index (χ3n) is 8.61. The molecule has 0 radical (unpaired) electrons. The molecule has 1 aliphatic rings. The summed E-state index contributed by atoms with van der Waals surface area (Å²) in [5.74, 6) is 1.39. The molecule has 258 valence electrons. The summed E-state index contributed by atoms with van der Waals surface area (Å²) in [5.41, 5.74) is 5.02. The maximum absolute atomic E-state index is 6.99. The van der Waals surface area contributed by atoms with Gasteiger partial charge in [0.2, 0.25) is 0 Å². The third kappa shape index (κ3) is 10.1. The molecule has 4 aromatic carbocycles. The van der Waals surface area contributed by atoms with Crippen molar-refractivity contribution >= 4 is 11.6 Å². The van der Waals surface area contributed by atoms with Gasteiger partial charge in [0.1, 0.15) is 30.3 Å². The molecule has 0 bridgehead atoms. The number of hydrogen-bond acceptors (Lipinski definition) is 6. The molecule has 1 aliphatic heterocycles. The maximum atomic E-state index is 6.99. The molecule has 4 aromatic rings. The van der Waals surface area contributed by atoms with Crippen molar-refractivity contribution in [3.63, 3.8) is 0 Å². The zero-order valence-electron chi connectivity index (χ0n) is 28.5. The molecule has 5 rings (SSSR count). The fourth-order valence-corrected chi connectivity index (χ4v) is 6.30. The lowest BCUT2D eigenvalue weighted by molar-refractivity contribution is -0.242. The van der Waals surface area contributed by atoms with Gasteiger partial charge in [-0.2, -0.15) is 0 Å². The second kappa shape index (κ2) is 18.7. The molecule has 0 N–H and O–H groups in total. The van der Waals surface area contributed by atoms with Crippen molar-refractivity contribution in [2.75, 3.05) is 26.4 Å². The van der Waals surface area contributed by atoms with Crippen LogP contribution in [-0.2, 0) is 38.6 Å². The van der Waals surface area contributed by atoms with Gasteiger partial charge in [0.05, 0.1) is 45.2 Å². The van der Waals surface area contributed by atoms with Crippen LogP contribution in [0.4, 0.5) is 0 Å². The van der Waals surface area contributed by atoms with Crippen LogP contribution < -0.4 is 9.47 Å². The van der Waals surface area contributed by atoms with Crippen molar-refractivity contribution in [3.8, 4) is 11.5 Å². The average molecular weight is 683 g/mol. The van der Waals surface area contributed by atoms with Crippen molar-refractivity contribution in [1.29, 1.82) is 0 Å². The molecular formula is C42H47ClO6. The number of ether oxygens (including phenoxy) is 6. The van der Waals surface area contributed by atoms with Crippen LogP contribution in [-0.4, -0.2) is 44.7 Å². The standard InChI is InChI=1S/C42H47ClO6/c1-5-22-44-29-39-30(4)40(47-27-32-14-10-8-11-15-32)42(48-28-33-16-12-9-13-17-33)41(49-39)36-25-34(37(43)26-38(36)46-23-6-2)24-31-18-20-35(21-19-31)45-7-3/h5-6,8-21,25-26,30,39-42H,1-2,7,22-24,27-29H2,3-4H3/t30-,39-,40+,41+,42-/m1/s1.